The molecule has 0 heterocycles. The minimum atomic E-state index is -1.22. The van der Waals surface area contributed by atoms with Crippen molar-refractivity contribution in [2.75, 3.05) is 0 Å². The third kappa shape index (κ3) is 4.99. The summed E-state index contributed by atoms with van der Waals surface area (Å²) < 4.78 is 0. The molecule has 2 N–H and O–H groups in total. The number of rotatable bonds is 6. The molecule has 0 aromatic carbocycles. The van der Waals surface area contributed by atoms with Gasteiger partial charge < -0.3 is 10.2 Å². The fraction of sp³-hybridized carbons (Fsp3) is 0.741. The number of ketones is 1. The van der Waals surface area contributed by atoms with Gasteiger partial charge in [-0.2, -0.15) is 0 Å². The summed E-state index contributed by atoms with van der Waals surface area (Å²) in [4.78, 5) is 12.2. The van der Waals surface area contributed by atoms with Crippen molar-refractivity contribution in [3.63, 3.8) is 0 Å². The third-order valence-electron chi connectivity index (χ3n) is 8.42. The molecule has 5 atom stereocenters. The Morgan fingerprint density at radius 1 is 1.27 bits per heavy atom. The van der Waals surface area contributed by atoms with Gasteiger partial charge in [0.15, 0.2) is 5.78 Å². The van der Waals surface area contributed by atoms with Gasteiger partial charge in [0, 0.05) is 6.42 Å². The average molecular weight is 415 g/mol. The number of Topliss-reactive ketones (excluding diaryl/α,β-unsaturated/α-hetero) is 1. The van der Waals surface area contributed by atoms with Crippen molar-refractivity contribution in [2.24, 2.45) is 23.2 Å². The van der Waals surface area contributed by atoms with E-state index in [9.17, 15) is 15.0 Å². The van der Waals surface area contributed by atoms with Crippen LogP contribution >= 0.6 is 0 Å². The summed E-state index contributed by atoms with van der Waals surface area (Å²) in [6.45, 7) is 12.2. The van der Waals surface area contributed by atoms with Crippen LogP contribution in [0.25, 0.3) is 0 Å². The second-order valence-electron chi connectivity index (χ2n) is 11.0. The van der Waals surface area contributed by atoms with Gasteiger partial charge in [-0.1, -0.05) is 43.7 Å². The predicted octanol–water partition coefficient (Wildman–Crippen LogP) is 5.91. The Labute approximate surface area is 183 Å². The molecule has 0 radical (unpaired) electrons. The second-order valence-corrected chi connectivity index (χ2v) is 11.0. The lowest BCUT2D eigenvalue weighted by molar-refractivity contribution is -0.134. The summed E-state index contributed by atoms with van der Waals surface area (Å²) in [5, 5.41) is 20.0. The molecule has 0 amide bonds. The molecule has 3 aliphatic rings. The van der Waals surface area contributed by atoms with E-state index in [1.807, 2.05) is 0 Å². The lowest BCUT2D eigenvalue weighted by Crippen LogP contribution is -2.36. The number of carbonyl (C=O) groups excluding carboxylic acids is 1. The van der Waals surface area contributed by atoms with Crippen molar-refractivity contribution >= 4 is 5.78 Å². The van der Waals surface area contributed by atoms with E-state index in [4.69, 9.17) is 0 Å². The highest BCUT2D eigenvalue weighted by Gasteiger charge is 2.50. The molecular weight excluding hydrogens is 372 g/mol. The van der Waals surface area contributed by atoms with Crippen LogP contribution in [0.1, 0.15) is 91.9 Å². The van der Waals surface area contributed by atoms with Gasteiger partial charge in [0.25, 0.3) is 0 Å². The highest BCUT2D eigenvalue weighted by molar-refractivity contribution is 5.86. The van der Waals surface area contributed by atoms with E-state index in [2.05, 4.69) is 32.6 Å². The SMILES string of the molecule is C=C1CCC(O)CC1=CC=C1CCCC2(C)C1CCC2C(C)CCC(=O)C(C)(C)O. The van der Waals surface area contributed by atoms with Crippen LogP contribution in [0.15, 0.2) is 35.5 Å². The summed E-state index contributed by atoms with van der Waals surface area (Å²) in [6.07, 6.45) is 14.3. The number of aliphatic hydroxyl groups excluding tert-OH is 1. The highest BCUT2D eigenvalue weighted by atomic mass is 16.3. The van der Waals surface area contributed by atoms with Crippen molar-refractivity contribution < 1.29 is 15.0 Å². The van der Waals surface area contributed by atoms with Crippen LogP contribution in [0.3, 0.4) is 0 Å². The molecule has 3 aliphatic carbocycles. The molecule has 0 spiro atoms. The van der Waals surface area contributed by atoms with E-state index >= 15 is 0 Å². The summed E-state index contributed by atoms with van der Waals surface area (Å²) in [7, 11) is 0. The fourth-order valence-corrected chi connectivity index (χ4v) is 6.48. The first-order chi connectivity index (χ1) is 14.0. The summed E-state index contributed by atoms with van der Waals surface area (Å²) in [6, 6.07) is 0. The normalized spacial score (nSPS) is 36.2. The van der Waals surface area contributed by atoms with Crippen LogP contribution in [0.4, 0.5) is 0 Å². The number of hydrogen-bond donors (Lipinski definition) is 2. The Morgan fingerprint density at radius 2 is 2.00 bits per heavy atom. The Hall–Kier alpha value is -1.19. The lowest BCUT2D eigenvalue weighted by atomic mass is 9.60. The van der Waals surface area contributed by atoms with Gasteiger partial charge in [0.2, 0.25) is 0 Å². The van der Waals surface area contributed by atoms with Crippen molar-refractivity contribution in [2.45, 2.75) is 104 Å². The summed E-state index contributed by atoms with van der Waals surface area (Å²) in [5.41, 5.74) is 3.08. The van der Waals surface area contributed by atoms with E-state index in [0.29, 0.717) is 29.6 Å². The predicted molar refractivity (Wildman–Crippen MR) is 123 cm³/mol. The van der Waals surface area contributed by atoms with Crippen LogP contribution in [-0.4, -0.2) is 27.7 Å². The molecule has 3 saturated carbocycles. The zero-order chi connectivity index (χ0) is 22.1. The second kappa shape index (κ2) is 9.12. The van der Waals surface area contributed by atoms with Crippen LogP contribution in [0, 0.1) is 23.2 Å². The Bertz CT molecular complexity index is 723. The molecule has 5 unspecified atom stereocenters. The van der Waals surface area contributed by atoms with E-state index in [1.165, 1.54) is 43.3 Å². The largest absolute Gasteiger partial charge is 0.393 e. The maximum absolute atomic E-state index is 12.2. The van der Waals surface area contributed by atoms with Crippen molar-refractivity contribution in [1.82, 2.24) is 0 Å². The smallest absolute Gasteiger partial charge is 0.163 e. The number of hydrogen-bond acceptors (Lipinski definition) is 3. The first-order valence-corrected chi connectivity index (χ1v) is 12.0. The van der Waals surface area contributed by atoms with Gasteiger partial charge >= 0.3 is 0 Å². The molecule has 0 aliphatic heterocycles. The molecule has 30 heavy (non-hydrogen) atoms. The molecule has 3 nitrogen and oxygen atoms in total. The minimum Gasteiger partial charge on any atom is -0.393 e. The Morgan fingerprint density at radius 3 is 2.70 bits per heavy atom. The van der Waals surface area contributed by atoms with Crippen LogP contribution in [0.2, 0.25) is 0 Å². The number of aliphatic hydroxyl groups is 2. The van der Waals surface area contributed by atoms with Gasteiger partial charge in [-0.25, -0.2) is 0 Å². The monoisotopic (exact) mass is 414 g/mol. The van der Waals surface area contributed by atoms with Gasteiger partial charge in [0.05, 0.1) is 6.10 Å². The quantitative estimate of drug-likeness (QED) is 0.568. The van der Waals surface area contributed by atoms with Gasteiger partial charge in [-0.3, -0.25) is 4.79 Å². The Kier molecular flexibility index (Phi) is 7.14. The molecule has 3 heteroatoms. The average Bonchev–Trinajstić information content (AvgIpc) is 3.03. The maximum atomic E-state index is 12.2. The highest BCUT2D eigenvalue weighted by Crippen LogP contribution is 2.59. The van der Waals surface area contributed by atoms with E-state index in [-0.39, 0.29) is 11.9 Å². The number of carbonyl (C=O) groups is 1. The lowest BCUT2D eigenvalue weighted by Gasteiger charge is -2.44. The van der Waals surface area contributed by atoms with Gasteiger partial charge in [0.1, 0.15) is 5.60 Å². The molecule has 3 fully saturated rings. The standard InChI is InChI=1S/C27H42O3/c1-18-8-12-22(28)17-21(18)11-10-20-7-6-16-27(5)23(13-14-24(20)27)19(2)9-15-25(29)26(3,4)30/h10-11,19,22-24,28,30H,1,6-9,12-17H2,2-5H3. The molecule has 3 rings (SSSR count). The van der Waals surface area contributed by atoms with Crippen LogP contribution in [0.5, 0.6) is 0 Å². The van der Waals surface area contributed by atoms with E-state index < -0.39 is 5.60 Å². The van der Waals surface area contributed by atoms with Crippen molar-refractivity contribution in [3.05, 3.63) is 35.5 Å². The number of fused-ring (bicyclic) bond motifs is 1. The van der Waals surface area contributed by atoms with Crippen molar-refractivity contribution in [1.29, 1.82) is 0 Å². The van der Waals surface area contributed by atoms with Crippen LogP contribution < -0.4 is 0 Å². The topological polar surface area (TPSA) is 57.5 Å². The third-order valence-corrected chi connectivity index (χ3v) is 8.42. The van der Waals surface area contributed by atoms with Crippen LogP contribution in [-0.2, 0) is 4.79 Å². The molecule has 168 valence electrons. The van der Waals surface area contributed by atoms with Gasteiger partial charge in [-0.05, 0) is 100 Å². The molecule has 0 saturated heterocycles. The van der Waals surface area contributed by atoms with Gasteiger partial charge in [-0.15, -0.1) is 0 Å². The Balaban J connectivity index is 1.70. The molecule has 0 bridgehead atoms. The zero-order valence-corrected chi connectivity index (χ0v) is 19.5. The van der Waals surface area contributed by atoms with E-state index in [1.54, 1.807) is 19.4 Å². The first-order valence-electron chi connectivity index (χ1n) is 12.0. The zero-order valence-electron chi connectivity index (χ0n) is 19.5. The van der Waals surface area contributed by atoms with Crippen molar-refractivity contribution in [3.8, 4) is 0 Å². The molecule has 0 aromatic heterocycles. The summed E-state index contributed by atoms with van der Waals surface area (Å²) in [5.74, 6) is 1.72. The summed E-state index contributed by atoms with van der Waals surface area (Å²) >= 11 is 0. The maximum Gasteiger partial charge on any atom is 0.163 e. The first kappa shape index (κ1) is 23.5. The molecular formula is C27H42O3. The molecule has 0 aromatic rings. The number of allylic oxidation sites excluding steroid dienone is 4. The minimum absolute atomic E-state index is 0.0418. The fourth-order valence-electron chi connectivity index (χ4n) is 6.48. The van der Waals surface area contributed by atoms with E-state index in [0.717, 1.165) is 25.7 Å².